The van der Waals surface area contributed by atoms with Crippen molar-refractivity contribution >= 4 is 17.6 Å². The first-order valence-corrected chi connectivity index (χ1v) is 11.3. The standard InChI is InChI=1S/C26H30N4O2/c1-20-10-12-22(13-11-20)26(32)29-18-15-23(16-19-29)30-24(14-17-27-30)28-25(31)9-5-8-21-6-3-2-4-7-21/h2-4,6-7,10-14,17,23H,5,8-9,15-16,18-19H2,1H3,(H,28,31). The van der Waals surface area contributed by atoms with Crippen molar-refractivity contribution in [2.75, 3.05) is 18.4 Å². The van der Waals surface area contributed by atoms with E-state index in [4.69, 9.17) is 0 Å². The highest BCUT2D eigenvalue weighted by Crippen LogP contribution is 2.26. The van der Waals surface area contributed by atoms with Gasteiger partial charge >= 0.3 is 0 Å². The summed E-state index contributed by atoms with van der Waals surface area (Å²) in [5.74, 6) is 0.823. The van der Waals surface area contributed by atoms with Gasteiger partial charge < -0.3 is 10.2 Å². The minimum absolute atomic E-state index is 0.00895. The van der Waals surface area contributed by atoms with Crippen molar-refractivity contribution in [2.24, 2.45) is 0 Å². The maximum absolute atomic E-state index is 12.8. The van der Waals surface area contributed by atoms with E-state index in [-0.39, 0.29) is 17.9 Å². The molecule has 1 N–H and O–H groups in total. The van der Waals surface area contributed by atoms with Crippen molar-refractivity contribution in [1.29, 1.82) is 0 Å². The number of amides is 2. The molecule has 0 aliphatic carbocycles. The monoisotopic (exact) mass is 430 g/mol. The summed E-state index contributed by atoms with van der Waals surface area (Å²) in [6.07, 6.45) is 5.53. The molecule has 0 spiro atoms. The number of likely N-dealkylation sites (tertiary alicyclic amines) is 1. The maximum Gasteiger partial charge on any atom is 0.253 e. The van der Waals surface area contributed by atoms with Gasteiger partial charge in [0.25, 0.3) is 5.91 Å². The average molecular weight is 431 g/mol. The Bertz CT molecular complexity index is 1040. The van der Waals surface area contributed by atoms with E-state index in [0.29, 0.717) is 19.5 Å². The molecule has 1 saturated heterocycles. The SMILES string of the molecule is Cc1ccc(C(=O)N2CCC(n3nccc3NC(=O)CCCc3ccccc3)CC2)cc1. The first kappa shape index (κ1) is 21.8. The molecule has 1 aliphatic rings. The van der Waals surface area contributed by atoms with Crippen molar-refractivity contribution in [3.05, 3.63) is 83.6 Å². The molecule has 0 atom stereocenters. The molecule has 0 unspecified atom stereocenters. The number of hydrogen-bond acceptors (Lipinski definition) is 3. The predicted octanol–water partition coefficient (Wildman–Crippen LogP) is 4.63. The Morgan fingerprint density at radius 2 is 1.72 bits per heavy atom. The lowest BCUT2D eigenvalue weighted by Gasteiger charge is -2.32. The fourth-order valence-electron chi connectivity index (χ4n) is 4.20. The van der Waals surface area contributed by atoms with Crippen LogP contribution in [0.2, 0.25) is 0 Å². The summed E-state index contributed by atoms with van der Waals surface area (Å²) in [7, 11) is 0. The van der Waals surface area contributed by atoms with Gasteiger partial charge in [0.2, 0.25) is 5.91 Å². The molecule has 1 aromatic heterocycles. The summed E-state index contributed by atoms with van der Waals surface area (Å²) in [4.78, 5) is 27.1. The Hall–Kier alpha value is -3.41. The lowest BCUT2D eigenvalue weighted by atomic mass is 10.0. The number of carbonyl (C=O) groups is 2. The second-order valence-corrected chi connectivity index (χ2v) is 8.44. The highest BCUT2D eigenvalue weighted by atomic mass is 16.2. The Morgan fingerprint density at radius 1 is 1.00 bits per heavy atom. The molecular weight excluding hydrogens is 400 g/mol. The van der Waals surface area contributed by atoms with Crippen LogP contribution >= 0.6 is 0 Å². The Labute approximate surface area is 189 Å². The molecule has 2 aromatic carbocycles. The zero-order valence-electron chi connectivity index (χ0n) is 18.5. The van der Waals surface area contributed by atoms with Gasteiger partial charge in [0.1, 0.15) is 5.82 Å². The van der Waals surface area contributed by atoms with Crippen molar-refractivity contribution in [1.82, 2.24) is 14.7 Å². The van der Waals surface area contributed by atoms with Crippen LogP contribution in [0.5, 0.6) is 0 Å². The third-order valence-corrected chi connectivity index (χ3v) is 6.05. The zero-order valence-corrected chi connectivity index (χ0v) is 18.5. The summed E-state index contributed by atoms with van der Waals surface area (Å²) in [6.45, 7) is 3.38. The van der Waals surface area contributed by atoms with Gasteiger partial charge in [0.15, 0.2) is 0 Å². The van der Waals surface area contributed by atoms with Gasteiger partial charge in [-0.05, 0) is 50.3 Å². The fraction of sp³-hybridized carbons (Fsp3) is 0.346. The molecule has 2 amide bonds. The fourth-order valence-corrected chi connectivity index (χ4v) is 4.20. The highest BCUT2D eigenvalue weighted by Gasteiger charge is 2.26. The zero-order chi connectivity index (χ0) is 22.3. The van der Waals surface area contributed by atoms with Crippen molar-refractivity contribution < 1.29 is 9.59 Å². The molecular formula is C26H30N4O2. The number of nitrogens with one attached hydrogen (secondary N) is 1. The van der Waals surface area contributed by atoms with E-state index in [1.807, 2.05) is 65.0 Å². The molecule has 3 aromatic rings. The Morgan fingerprint density at radius 3 is 2.44 bits per heavy atom. The van der Waals surface area contributed by atoms with Crippen LogP contribution in [0, 0.1) is 6.92 Å². The predicted molar refractivity (Wildman–Crippen MR) is 126 cm³/mol. The molecule has 0 saturated carbocycles. The van der Waals surface area contributed by atoms with E-state index < -0.39 is 0 Å². The van der Waals surface area contributed by atoms with Crippen LogP contribution in [-0.4, -0.2) is 39.6 Å². The van der Waals surface area contributed by atoms with Crippen LogP contribution < -0.4 is 5.32 Å². The van der Waals surface area contributed by atoms with E-state index in [1.165, 1.54) is 5.56 Å². The highest BCUT2D eigenvalue weighted by molar-refractivity contribution is 5.94. The van der Waals surface area contributed by atoms with Crippen LogP contribution in [0.1, 0.15) is 53.2 Å². The molecule has 0 bridgehead atoms. The topological polar surface area (TPSA) is 67.2 Å². The van der Waals surface area contributed by atoms with Gasteiger partial charge in [-0.2, -0.15) is 5.10 Å². The van der Waals surface area contributed by atoms with Gasteiger partial charge in [-0.1, -0.05) is 48.0 Å². The second kappa shape index (κ2) is 10.3. The maximum atomic E-state index is 12.8. The number of benzene rings is 2. The van der Waals surface area contributed by atoms with Crippen LogP contribution in [0.25, 0.3) is 0 Å². The second-order valence-electron chi connectivity index (χ2n) is 8.44. The molecule has 4 rings (SSSR count). The molecule has 166 valence electrons. The Balaban J connectivity index is 1.27. The van der Waals surface area contributed by atoms with Crippen LogP contribution in [-0.2, 0) is 11.2 Å². The normalized spacial score (nSPS) is 14.3. The smallest absolute Gasteiger partial charge is 0.253 e. The number of aryl methyl sites for hydroxylation is 2. The summed E-state index contributed by atoms with van der Waals surface area (Å²) >= 11 is 0. The molecule has 1 aliphatic heterocycles. The average Bonchev–Trinajstić information content (AvgIpc) is 3.28. The molecule has 1 fully saturated rings. The van der Waals surface area contributed by atoms with E-state index in [2.05, 4.69) is 22.5 Å². The van der Waals surface area contributed by atoms with Crippen molar-refractivity contribution in [3.8, 4) is 0 Å². The lowest BCUT2D eigenvalue weighted by molar-refractivity contribution is -0.116. The summed E-state index contributed by atoms with van der Waals surface area (Å²) in [5.41, 5.74) is 3.13. The van der Waals surface area contributed by atoms with Crippen LogP contribution in [0.3, 0.4) is 0 Å². The molecule has 32 heavy (non-hydrogen) atoms. The number of aromatic nitrogens is 2. The van der Waals surface area contributed by atoms with Gasteiger partial charge in [0, 0.05) is 31.1 Å². The number of nitrogens with zero attached hydrogens (tertiary/aromatic N) is 3. The quantitative estimate of drug-likeness (QED) is 0.594. The molecule has 6 nitrogen and oxygen atoms in total. The van der Waals surface area contributed by atoms with Crippen LogP contribution in [0.4, 0.5) is 5.82 Å². The molecule has 2 heterocycles. The first-order chi connectivity index (χ1) is 15.6. The van der Waals surface area contributed by atoms with Gasteiger partial charge in [0.05, 0.1) is 12.2 Å². The Kier molecular flexibility index (Phi) is 7.00. The van der Waals surface area contributed by atoms with E-state index in [1.54, 1.807) is 6.20 Å². The van der Waals surface area contributed by atoms with Gasteiger partial charge in [-0.3, -0.25) is 9.59 Å². The third-order valence-electron chi connectivity index (χ3n) is 6.05. The first-order valence-electron chi connectivity index (χ1n) is 11.3. The minimum atomic E-state index is 0.00895. The number of hydrogen-bond donors (Lipinski definition) is 1. The number of rotatable bonds is 7. The van der Waals surface area contributed by atoms with E-state index in [9.17, 15) is 9.59 Å². The van der Waals surface area contributed by atoms with E-state index in [0.717, 1.165) is 42.6 Å². The summed E-state index contributed by atoms with van der Waals surface area (Å²) in [6, 6.07) is 20.0. The van der Waals surface area contributed by atoms with Crippen LogP contribution in [0.15, 0.2) is 66.9 Å². The molecule has 0 radical (unpaired) electrons. The largest absolute Gasteiger partial charge is 0.338 e. The van der Waals surface area contributed by atoms with Gasteiger partial charge in [-0.15, -0.1) is 0 Å². The van der Waals surface area contributed by atoms with Crippen molar-refractivity contribution in [3.63, 3.8) is 0 Å². The summed E-state index contributed by atoms with van der Waals surface area (Å²) in [5, 5.41) is 7.48. The number of carbonyl (C=O) groups excluding carboxylic acids is 2. The van der Waals surface area contributed by atoms with Gasteiger partial charge in [-0.25, -0.2) is 4.68 Å². The minimum Gasteiger partial charge on any atom is -0.338 e. The third kappa shape index (κ3) is 5.44. The summed E-state index contributed by atoms with van der Waals surface area (Å²) < 4.78 is 1.91. The lowest BCUT2D eigenvalue weighted by Crippen LogP contribution is -2.39. The number of anilines is 1. The number of piperidine rings is 1. The molecule has 6 heteroatoms. The van der Waals surface area contributed by atoms with E-state index >= 15 is 0 Å². The van der Waals surface area contributed by atoms with Crippen molar-refractivity contribution in [2.45, 2.75) is 45.1 Å².